The molecule has 1 aliphatic carbocycles. The Balaban J connectivity index is 1.63. The van der Waals surface area contributed by atoms with E-state index < -0.39 is 10.0 Å². The summed E-state index contributed by atoms with van der Waals surface area (Å²) in [5, 5.41) is 0.733. The maximum Gasteiger partial charge on any atom is 0.264 e. The van der Waals surface area contributed by atoms with Crippen LogP contribution in [0.5, 0.6) is 0 Å². The second kappa shape index (κ2) is 5.27. The summed E-state index contributed by atoms with van der Waals surface area (Å²) in [6.07, 6.45) is 4.74. The highest BCUT2D eigenvalue weighted by Gasteiger charge is 2.23. The molecule has 0 atom stereocenters. The highest BCUT2D eigenvalue weighted by Crippen LogP contribution is 2.33. The molecule has 0 spiro atoms. The standard InChI is InChI=1S/C17H14N4O2S2/c22-25(23,21-14-6-2-5-13-17(14)20-24-19-13)15-9-18-16-11-4-1-3-10(11)7-8-12(15)16/h2,5-9,18,21H,1,3-4H2. The number of hydrogen-bond donors (Lipinski definition) is 2. The van der Waals surface area contributed by atoms with E-state index in [9.17, 15) is 8.42 Å². The van der Waals surface area contributed by atoms with Gasteiger partial charge in [-0.1, -0.05) is 18.2 Å². The number of anilines is 1. The lowest BCUT2D eigenvalue weighted by molar-refractivity contribution is 0.602. The zero-order valence-corrected chi connectivity index (χ0v) is 14.7. The van der Waals surface area contributed by atoms with Crippen LogP contribution in [0.4, 0.5) is 5.69 Å². The molecule has 2 heterocycles. The van der Waals surface area contributed by atoms with E-state index in [1.165, 1.54) is 11.1 Å². The predicted molar refractivity (Wildman–Crippen MR) is 98.5 cm³/mol. The van der Waals surface area contributed by atoms with E-state index in [-0.39, 0.29) is 4.90 Å². The number of nitrogens with one attached hydrogen (secondary N) is 2. The Bertz CT molecular complexity index is 1220. The van der Waals surface area contributed by atoms with Crippen LogP contribution in [0.15, 0.2) is 41.4 Å². The summed E-state index contributed by atoms with van der Waals surface area (Å²) in [7, 11) is -3.73. The monoisotopic (exact) mass is 370 g/mol. The average molecular weight is 370 g/mol. The van der Waals surface area contributed by atoms with E-state index in [0.29, 0.717) is 16.7 Å². The molecule has 6 nitrogen and oxygen atoms in total. The molecule has 0 bridgehead atoms. The Hall–Kier alpha value is -2.45. The van der Waals surface area contributed by atoms with Gasteiger partial charge < -0.3 is 4.98 Å². The van der Waals surface area contributed by atoms with Crippen molar-refractivity contribution in [1.29, 1.82) is 0 Å². The van der Waals surface area contributed by atoms with Gasteiger partial charge in [0.1, 0.15) is 15.9 Å². The highest BCUT2D eigenvalue weighted by molar-refractivity contribution is 7.93. The van der Waals surface area contributed by atoms with E-state index in [0.717, 1.165) is 41.9 Å². The fourth-order valence-electron chi connectivity index (χ4n) is 3.56. The third-order valence-corrected chi connectivity index (χ3v) is 6.66. The summed E-state index contributed by atoms with van der Waals surface area (Å²) < 4.78 is 36.9. The number of aromatic nitrogens is 3. The first-order valence-corrected chi connectivity index (χ1v) is 10.2. The molecule has 0 fully saturated rings. The summed E-state index contributed by atoms with van der Waals surface area (Å²) >= 11 is 1.07. The molecule has 0 saturated heterocycles. The maximum absolute atomic E-state index is 13.0. The van der Waals surface area contributed by atoms with Gasteiger partial charge in [-0.2, -0.15) is 8.75 Å². The van der Waals surface area contributed by atoms with Gasteiger partial charge in [-0.15, -0.1) is 0 Å². The topological polar surface area (TPSA) is 87.7 Å². The first kappa shape index (κ1) is 14.9. The molecule has 126 valence electrons. The van der Waals surface area contributed by atoms with Crippen LogP contribution < -0.4 is 4.72 Å². The summed E-state index contributed by atoms with van der Waals surface area (Å²) in [4.78, 5) is 3.43. The average Bonchev–Trinajstić information content (AvgIpc) is 3.32. The minimum Gasteiger partial charge on any atom is -0.360 e. The largest absolute Gasteiger partial charge is 0.360 e. The molecule has 5 rings (SSSR count). The number of fused-ring (bicyclic) bond motifs is 4. The zero-order chi connectivity index (χ0) is 17.0. The van der Waals surface area contributed by atoms with Crippen LogP contribution >= 0.6 is 11.7 Å². The molecule has 2 N–H and O–H groups in total. The van der Waals surface area contributed by atoms with Gasteiger partial charge in [0.25, 0.3) is 10.0 Å². The molecule has 0 radical (unpaired) electrons. The van der Waals surface area contributed by atoms with Crippen LogP contribution in [0, 0.1) is 0 Å². The Kier molecular flexibility index (Phi) is 3.13. The highest BCUT2D eigenvalue weighted by atomic mass is 32.2. The molecule has 4 aromatic rings. The van der Waals surface area contributed by atoms with E-state index in [1.807, 2.05) is 18.2 Å². The third-order valence-electron chi connectivity index (χ3n) is 4.72. The van der Waals surface area contributed by atoms with Crippen LogP contribution in [0.25, 0.3) is 21.9 Å². The number of benzene rings is 2. The van der Waals surface area contributed by atoms with Crippen LogP contribution in [-0.2, 0) is 22.9 Å². The zero-order valence-electron chi connectivity index (χ0n) is 13.1. The number of aromatic amines is 1. The van der Waals surface area contributed by atoms with Gasteiger partial charge in [-0.25, -0.2) is 8.42 Å². The van der Waals surface area contributed by atoms with Crippen LogP contribution in [0.1, 0.15) is 17.5 Å². The quantitative estimate of drug-likeness (QED) is 0.578. The van der Waals surface area contributed by atoms with Gasteiger partial charge in [-0.3, -0.25) is 4.72 Å². The van der Waals surface area contributed by atoms with E-state index in [2.05, 4.69) is 18.5 Å². The number of nitrogens with zero attached hydrogens (tertiary/aromatic N) is 2. The minimum atomic E-state index is -3.73. The maximum atomic E-state index is 13.0. The fraction of sp³-hybridized carbons (Fsp3) is 0.176. The van der Waals surface area contributed by atoms with Crippen LogP contribution in [0.2, 0.25) is 0 Å². The van der Waals surface area contributed by atoms with Crippen molar-refractivity contribution in [3.8, 4) is 0 Å². The van der Waals surface area contributed by atoms with Gasteiger partial charge in [0.15, 0.2) is 0 Å². The second-order valence-corrected chi connectivity index (χ2v) is 8.35. The number of sulfonamides is 1. The SMILES string of the molecule is O=S(=O)(Nc1cccc2nsnc12)c1c[nH]c2c3c(ccc12)CCC3. The summed E-state index contributed by atoms with van der Waals surface area (Å²) in [6.45, 7) is 0. The molecule has 0 aliphatic heterocycles. The summed E-state index contributed by atoms with van der Waals surface area (Å²) in [5.41, 5.74) is 5.18. The van der Waals surface area contributed by atoms with Gasteiger partial charge in [0, 0.05) is 11.6 Å². The van der Waals surface area contributed by atoms with Crippen molar-refractivity contribution in [1.82, 2.24) is 13.7 Å². The summed E-state index contributed by atoms with van der Waals surface area (Å²) in [5.74, 6) is 0. The fourth-order valence-corrected chi connectivity index (χ4v) is 5.35. The van der Waals surface area contributed by atoms with Gasteiger partial charge in [0.05, 0.1) is 22.9 Å². The lowest BCUT2D eigenvalue weighted by atomic mass is 10.1. The molecule has 0 unspecified atom stereocenters. The molecule has 2 aromatic carbocycles. The molecule has 8 heteroatoms. The molecule has 0 amide bonds. The van der Waals surface area contributed by atoms with Gasteiger partial charge in [-0.05, 0) is 42.5 Å². The normalized spacial score (nSPS) is 14.2. The van der Waals surface area contributed by atoms with Crippen molar-refractivity contribution in [2.45, 2.75) is 24.2 Å². The third kappa shape index (κ3) is 2.25. The van der Waals surface area contributed by atoms with Crippen molar-refractivity contribution in [2.75, 3.05) is 4.72 Å². The van der Waals surface area contributed by atoms with Crippen molar-refractivity contribution >= 4 is 49.4 Å². The predicted octanol–water partition coefficient (Wildman–Crippen LogP) is 3.46. The van der Waals surface area contributed by atoms with Gasteiger partial charge in [0.2, 0.25) is 0 Å². The van der Waals surface area contributed by atoms with E-state index in [4.69, 9.17) is 0 Å². The number of rotatable bonds is 3. The van der Waals surface area contributed by atoms with E-state index >= 15 is 0 Å². The van der Waals surface area contributed by atoms with Crippen LogP contribution in [-0.4, -0.2) is 22.1 Å². The van der Waals surface area contributed by atoms with Crippen molar-refractivity contribution < 1.29 is 8.42 Å². The van der Waals surface area contributed by atoms with Crippen molar-refractivity contribution in [2.24, 2.45) is 0 Å². The lowest BCUT2D eigenvalue weighted by Gasteiger charge is -2.08. The Labute approximate surface area is 148 Å². The van der Waals surface area contributed by atoms with Crippen molar-refractivity contribution in [3.05, 3.63) is 47.7 Å². The minimum absolute atomic E-state index is 0.261. The second-order valence-electron chi connectivity index (χ2n) is 6.18. The van der Waals surface area contributed by atoms with Crippen LogP contribution in [0.3, 0.4) is 0 Å². The molecule has 2 aromatic heterocycles. The molecule has 25 heavy (non-hydrogen) atoms. The smallest absolute Gasteiger partial charge is 0.264 e. The number of H-pyrrole nitrogens is 1. The lowest BCUT2D eigenvalue weighted by Crippen LogP contribution is -2.12. The van der Waals surface area contributed by atoms with E-state index in [1.54, 1.807) is 18.3 Å². The molecule has 1 aliphatic rings. The number of aryl methyl sites for hydroxylation is 2. The molecular formula is C17H14N4O2S2. The van der Waals surface area contributed by atoms with Gasteiger partial charge >= 0.3 is 0 Å². The first-order chi connectivity index (χ1) is 12.1. The number of hydrogen-bond acceptors (Lipinski definition) is 5. The Morgan fingerprint density at radius 2 is 2.04 bits per heavy atom. The molecular weight excluding hydrogens is 356 g/mol. The first-order valence-electron chi connectivity index (χ1n) is 7.99. The van der Waals surface area contributed by atoms with Crippen molar-refractivity contribution in [3.63, 3.8) is 0 Å². The Morgan fingerprint density at radius 1 is 1.12 bits per heavy atom. The Morgan fingerprint density at radius 3 is 2.96 bits per heavy atom. The summed E-state index contributed by atoms with van der Waals surface area (Å²) in [6, 6.07) is 9.22. The molecule has 0 saturated carbocycles.